The van der Waals surface area contributed by atoms with Crippen molar-refractivity contribution < 1.29 is 0 Å². The summed E-state index contributed by atoms with van der Waals surface area (Å²) in [6.07, 6.45) is 3.69. The Morgan fingerprint density at radius 1 is 1.40 bits per heavy atom. The van der Waals surface area contributed by atoms with Crippen molar-refractivity contribution >= 4 is 15.9 Å². The third-order valence-corrected chi connectivity index (χ3v) is 2.79. The Labute approximate surface area is 97.0 Å². The summed E-state index contributed by atoms with van der Waals surface area (Å²) in [5.41, 5.74) is 6.93. The van der Waals surface area contributed by atoms with Gasteiger partial charge in [-0.3, -0.25) is 4.68 Å². The average Bonchev–Trinajstić information content (AvgIpc) is 2.72. The number of nitrogens with zero attached hydrogens (tertiary/aromatic N) is 2. The van der Waals surface area contributed by atoms with E-state index in [9.17, 15) is 0 Å². The second-order valence-corrected chi connectivity index (χ2v) is 4.21. The van der Waals surface area contributed by atoms with Gasteiger partial charge < -0.3 is 5.73 Å². The number of halogens is 1. The first kappa shape index (κ1) is 10.4. The minimum Gasteiger partial charge on any atom is -0.328 e. The fourth-order valence-corrected chi connectivity index (χ4v) is 1.99. The lowest BCUT2D eigenvalue weighted by atomic mass is 10.1. The lowest BCUT2D eigenvalue weighted by Crippen LogP contribution is -2.20. The first-order valence-electron chi connectivity index (χ1n) is 4.76. The summed E-state index contributed by atoms with van der Waals surface area (Å²) >= 11 is 3.45. The lowest BCUT2D eigenvalue weighted by Gasteiger charge is -2.16. The van der Waals surface area contributed by atoms with Gasteiger partial charge in [0, 0.05) is 23.4 Å². The Balaban J connectivity index is 2.35. The molecule has 2 aromatic rings. The summed E-state index contributed by atoms with van der Waals surface area (Å²) in [5, 5.41) is 4.21. The van der Waals surface area contributed by atoms with Gasteiger partial charge in [-0.05, 0) is 23.8 Å². The molecular weight excluding hydrogens is 254 g/mol. The van der Waals surface area contributed by atoms with Gasteiger partial charge in [-0.2, -0.15) is 5.10 Å². The van der Waals surface area contributed by atoms with E-state index in [0.717, 1.165) is 10.0 Å². The van der Waals surface area contributed by atoms with Crippen molar-refractivity contribution in [3.63, 3.8) is 0 Å². The van der Waals surface area contributed by atoms with Crippen LogP contribution in [0.5, 0.6) is 0 Å². The SMILES string of the molecule is NCC(c1cccc(Br)c1)n1cccn1. The van der Waals surface area contributed by atoms with Crippen molar-refractivity contribution in [2.45, 2.75) is 6.04 Å². The predicted octanol–water partition coefficient (Wildman–Crippen LogP) is 2.19. The average molecular weight is 266 g/mol. The van der Waals surface area contributed by atoms with E-state index >= 15 is 0 Å². The molecule has 0 amide bonds. The van der Waals surface area contributed by atoms with Gasteiger partial charge in [-0.25, -0.2) is 0 Å². The largest absolute Gasteiger partial charge is 0.328 e. The lowest BCUT2D eigenvalue weighted by molar-refractivity contribution is 0.532. The molecule has 0 spiro atoms. The Hall–Kier alpha value is -1.13. The second-order valence-electron chi connectivity index (χ2n) is 3.29. The van der Waals surface area contributed by atoms with E-state index in [1.165, 1.54) is 0 Å². The molecule has 3 nitrogen and oxygen atoms in total. The van der Waals surface area contributed by atoms with Crippen molar-refractivity contribution in [1.29, 1.82) is 0 Å². The summed E-state index contributed by atoms with van der Waals surface area (Å²) < 4.78 is 2.94. The Bertz CT molecular complexity index is 425. The van der Waals surface area contributed by atoms with Crippen LogP contribution in [0.2, 0.25) is 0 Å². The molecule has 0 saturated heterocycles. The highest BCUT2D eigenvalue weighted by atomic mass is 79.9. The maximum Gasteiger partial charge on any atom is 0.0890 e. The van der Waals surface area contributed by atoms with Crippen LogP contribution in [0.1, 0.15) is 11.6 Å². The molecule has 1 unspecified atom stereocenters. The van der Waals surface area contributed by atoms with Crippen molar-refractivity contribution in [2.75, 3.05) is 6.54 Å². The predicted molar refractivity (Wildman–Crippen MR) is 63.6 cm³/mol. The molecule has 0 aliphatic heterocycles. The number of nitrogens with two attached hydrogens (primary N) is 1. The topological polar surface area (TPSA) is 43.8 Å². The molecule has 1 heterocycles. The molecule has 1 aromatic carbocycles. The highest BCUT2D eigenvalue weighted by Crippen LogP contribution is 2.20. The van der Waals surface area contributed by atoms with Crippen LogP contribution in [-0.4, -0.2) is 16.3 Å². The van der Waals surface area contributed by atoms with Crippen LogP contribution in [0.3, 0.4) is 0 Å². The number of benzene rings is 1. The molecule has 0 aliphatic rings. The van der Waals surface area contributed by atoms with E-state index in [0.29, 0.717) is 6.54 Å². The normalized spacial score (nSPS) is 12.7. The van der Waals surface area contributed by atoms with Crippen LogP contribution in [0.25, 0.3) is 0 Å². The van der Waals surface area contributed by atoms with E-state index in [4.69, 9.17) is 5.73 Å². The minimum absolute atomic E-state index is 0.109. The molecule has 0 saturated carbocycles. The fourth-order valence-electron chi connectivity index (χ4n) is 1.58. The van der Waals surface area contributed by atoms with E-state index in [1.807, 2.05) is 29.1 Å². The van der Waals surface area contributed by atoms with Gasteiger partial charge in [0.2, 0.25) is 0 Å². The molecule has 2 N–H and O–H groups in total. The van der Waals surface area contributed by atoms with Crippen LogP contribution in [-0.2, 0) is 0 Å². The smallest absolute Gasteiger partial charge is 0.0890 e. The van der Waals surface area contributed by atoms with E-state index in [1.54, 1.807) is 6.20 Å². The van der Waals surface area contributed by atoms with Crippen LogP contribution >= 0.6 is 15.9 Å². The molecule has 4 heteroatoms. The van der Waals surface area contributed by atoms with Crippen molar-refractivity contribution in [3.8, 4) is 0 Å². The summed E-state index contributed by atoms with van der Waals surface area (Å²) in [4.78, 5) is 0. The maximum absolute atomic E-state index is 5.77. The Morgan fingerprint density at radius 3 is 2.87 bits per heavy atom. The molecule has 0 bridgehead atoms. The molecule has 2 rings (SSSR count). The number of hydrogen-bond acceptors (Lipinski definition) is 2. The summed E-state index contributed by atoms with van der Waals surface area (Å²) in [7, 11) is 0. The summed E-state index contributed by atoms with van der Waals surface area (Å²) in [6.45, 7) is 0.540. The van der Waals surface area contributed by atoms with Crippen LogP contribution < -0.4 is 5.73 Å². The zero-order chi connectivity index (χ0) is 10.7. The van der Waals surface area contributed by atoms with Crippen molar-refractivity contribution in [3.05, 3.63) is 52.8 Å². The molecule has 0 fully saturated rings. The zero-order valence-electron chi connectivity index (χ0n) is 8.18. The minimum atomic E-state index is 0.109. The Morgan fingerprint density at radius 2 is 2.27 bits per heavy atom. The van der Waals surface area contributed by atoms with Gasteiger partial charge in [0.1, 0.15) is 0 Å². The third kappa shape index (κ3) is 2.27. The van der Waals surface area contributed by atoms with Crippen molar-refractivity contribution in [2.24, 2.45) is 5.73 Å². The second kappa shape index (κ2) is 4.59. The van der Waals surface area contributed by atoms with Crippen molar-refractivity contribution in [1.82, 2.24) is 9.78 Å². The van der Waals surface area contributed by atoms with Gasteiger partial charge in [0.25, 0.3) is 0 Å². The highest BCUT2D eigenvalue weighted by molar-refractivity contribution is 9.10. The number of rotatable bonds is 3. The molecule has 0 radical (unpaired) electrons. The first-order valence-corrected chi connectivity index (χ1v) is 5.55. The van der Waals surface area contributed by atoms with Crippen LogP contribution in [0.15, 0.2) is 47.2 Å². The van der Waals surface area contributed by atoms with Gasteiger partial charge in [-0.15, -0.1) is 0 Å². The standard InChI is InChI=1S/C11H12BrN3/c12-10-4-1-3-9(7-10)11(8-13)15-6-2-5-14-15/h1-7,11H,8,13H2. The van der Waals surface area contributed by atoms with E-state index < -0.39 is 0 Å². The third-order valence-electron chi connectivity index (χ3n) is 2.30. The van der Waals surface area contributed by atoms with E-state index in [-0.39, 0.29) is 6.04 Å². The molecule has 1 aromatic heterocycles. The fraction of sp³-hybridized carbons (Fsp3) is 0.182. The highest BCUT2D eigenvalue weighted by Gasteiger charge is 2.11. The van der Waals surface area contributed by atoms with Crippen LogP contribution in [0, 0.1) is 0 Å². The molecule has 1 atom stereocenters. The maximum atomic E-state index is 5.77. The molecule has 15 heavy (non-hydrogen) atoms. The first-order chi connectivity index (χ1) is 7.31. The molecule has 0 aliphatic carbocycles. The van der Waals surface area contributed by atoms with Gasteiger partial charge in [-0.1, -0.05) is 28.1 Å². The summed E-state index contributed by atoms with van der Waals surface area (Å²) in [5.74, 6) is 0. The van der Waals surface area contributed by atoms with Gasteiger partial charge >= 0.3 is 0 Å². The number of aromatic nitrogens is 2. The number of hydrogen-bond donors (Lipinski definition) is 1. The summed E-state index contributed by atoms with van der Waals surface area (Å²) in [6, 6.07) is 10.1. The van der Waals surface area contributed by atoms with Gasteiger partial charge in [0.05, 0.1) is 6.04 Å². The van der Waals surface area contributed by atoms with Gasteiger partial charge in [0.15, 0.2) is 0 Å². The Kier molecular flexibility index (Phi) is 3.18. The monoisotopic (exact) mass is 265 g/mol. The molecule has 78 valence electrons. The van der Waals surface area contributed by atoms with E-state index in [2.05, 4.69) is 33.2 Å². The zero-order valence-corrected chi connectivity index (χ0v) is 9.76. The quantitative estimate of drug-likeness (QED) is 0.925. The molecular formula is C11H12BrN3. The van der Waals surface area contributed by atoms with Crippen LogP contribution in [0.4, 0.5) is 0 Å².